The fourth-order valence-corrected chi connectivity index (χ4v) is 3.94. The molecule has 0 bridgehead atoms. The van der Waals surface area contributed by atoms with Gasteiger partial charge in [0.15, 0.2) is 10.0 Å². The first-order valence-electron chi connectivity index (χ1n) is 6.69. The van der Waals surface area contributed by atoms with Gasteiger partial charge in [-0.2, -0.15) is 0 Å². The van der Waals surface area contributed by atoms with Gasteiger partial charge in [-0.3, -0.25) is 19.6 Å². The monoisotopic (exact) mass is 371 g/mol. The lowest BCUT2D eigenvalue weighted by Crippen LogP contribution is -2.14. The van der Waals surface area contributed by atoms with Crippen molar-refractivity contribution in [1.29, 1.82) is 0 Å². The van der Waals surface area contributed by atoms with Crippen LogP contribution in [0.25, 0.3) is 0 Å². The number of nitrogens with zero attached hydrogens (tertiary/aromatic N) is 2. The number of ether oxygens (including phenoxy) is 1. The Morgan fingerprint density at radius 1 is 1.42 bits per heavy atom. The van der Waals surface area contributed by atoms with Gasteiger partial charge in [0.25, 0.3) is 15.7 Å². The molecule has 1 N–H and O–H groups in total. The molecule has 0 aliphatic carbocycles. The van der Waals surface area contributed by atoms with E-state index in [1.54, 1.807) is 6.92 Å². The van der Waals surface area contributed by atoms with Crippen molar-refractivity contribution < 1.29 is 22.9 Å². The molecule has 1 aromatic carbocycles. The van der Waals surface area contributed by atoms with Crippen molar-refractivity contribution in [2.24, 2.45) is 0 Å². The molecule has 24 heavy (non-hydrogen) atoms. The normalized spacial score (nSPS) is 11.0. The van der Waals surface area contributed by atoms with Gasteiger partial charge in [-0.05, 0) is 13.0 Å². The zero-order chi connectivity index (χ0) is 17.7. The van der Waals surface area contributed by atoms with E-state index in [2.05, 4.69) is 9.71 Å². The lowest BCUT2D eigenvalue weighted by Gasteiger charge is -2.05. The summed E-state index contributed by atoms with van der Waals surface area (Å²) in [4.78, 5) is 25.1. The van der Waals surface area contributed by atoms with Gasteiger partial charge in [-0.1, -0.05) is 12.1 Å². The number of rotatable bonds is 7. The molecular formula is C13H13N3O6S2. The Hall–Kier alpha value is -2.53. The number of benzene rings is 1. The fraction of sp³-hybridized carbons (Fsp3) is 0.231. The Kier molecular flexibility index (Phi) is 5.46. The molecule has 0 amide bonds. The van der Waals surface area contributed by atoms with E-state index >= 15 is 0 Å². The van der Waals surface area contributed by atoms with Crippen LogP contribution in [-0.2, 0) is 26.0 Å². The fourth-order valence-electron chi connectivity index (χ4n) is 1.80. The van der Waals surface area contributed by atoms with Crippen LogP contribution >= 0.6 is 11.3 Å². The number of esters is 1. The maximum atomic E-state index is 12.3. The number of hydrogen-bond donors (Lipinski definition) is 1. The molecule has 9 nitrogen and oxygen atoms in total. The quantitative estimate of drug-likeness (QED) is 0.447. The van der Waals surface area contributed by atoms with E-state index in [-0.39, 0.29) is 18.2 Å². The highest BCUT2D eigenvalue weighted by molar-refractivity contribution is 7.93. The van der Waals surface area contributed by atoms with Crippen molar-refractivity contribution in [2.75, 3.05) is 11.3 Å². The van der Waals surface area contributed by atoms with Gasteiger partial charge in [0.2, 0.25) is 0 Å². The summed E-state index contributed by atoms with van der Waals surface area (Å²) in [6, 6.07) is 4.99. The molecule has 0 fully saturated rings. The number of thiazole rings is 1. The standard InChI is InChI=1S/C13H13N3O6S2/c1-2-22-12(17)7-9-8-23-13(14-9)15-24(20,21)11-6-4-3-5-10(11)16(18)19/h3-6,8H,2,7H2,1H3,(H,14,15). The SMILES string of the molecule is CCOC(=O)Cc1csc(NS(=O)(=O)c2ccccc2[N+](=O)[O-])n1. The molecule has 1 aromatic heterocycles. The number of nitro benzene ring substituents is 1. The predicted molar refractivity (Wildman–Crippen MR) is 86.4 cm³/mol. The van der Waals surface area contributed by atoms with Gasteiger partial charge in [-0.25, -0.2) is 13.4 Å². The van der Waals surface area contributed by atoms with Crippen LogP contribution in [0.15, 0.2) is 34.5 Å². The third-order valence-corrected chi connectivity index (χ3v) is 5.08. The summed E-state index contributed by atoms with van der Waals surface area (Å²) < 4.78 is 31.6. The van der Waals surface area contributed by atoms with Crippen LogP contribution in [0.3, 0.4) is 0 Å². The van der Waals surface area contributed by atoms with Crippen molar-refractivity contribution in [3.05, 3.63) is 45.5 Å². The van der Waals surface area contributed by atoms with Crippen molar-refractivity contribution >= 4 is 38.1 Å². The molecule has 2 rings (SSSR count). The van der Waals surface area contributed by atoms with E-state index in [0.29, 0.717) is 5.69 Å². The Balaban J connectivity index is 2.20. The maximum absolute atomic E-state index is 12.3. The minimum Gasteiger partial charge on any atom is -0.466 e. The van der Waals surface area contributed by atoms with Gasteiger partial charge in [-0.15, -0.1) is 11.3 Å². The summed E-state index contributed by atoms with van der Waals surface area (Å²) >= 11 is 0.966. The van der Waals surface area contributed by atoms with Gasteiger partial charge in [0.1, 0.15) is 0 Å². The Bertz CT molecular complexity index is 862. The summed E-state index contributed by atoms with van der Waals surface area (Å²) in [5.74, 6) is -0.476. The summed E-state index contributed by atoms with van der Waals surface area (Å²) in [5, 5.41) is 12.5. The predicted octanol–water partition coefficient (Wildman–Crippen LogP) is 1.96. The molecule has 0 saturated carbocycles. The number of aromatic nitrogens is 1. The molecule has 128 valence electrons. The Morgan fingerprint density at radius 2 is 2.12 bits per heavy atom. The molecule has 11 heteroatoms. The highest BCUT2D eigenvalue weighted by Gasteiger charge is 2.26. The average Bonchev–Trinajstić information content (AvgIpc) is 2.93. The first-order chi connectivity index (χ1) is 11.3. The lowest BCUT2D eigenvalue weighted by molar-refractivity contribution is -0.387. The summed E-state index contributed by atoms with van der Waals surface area (Å²) in [5.41, 5.74) is -0.188. The average molecular weight is 371 g/mol. The second kappa shape index (κ2) is 7.36. The molecule has 0 aliphatic rings. The highest BCUT2D eigenvalue weighted by atomic mass is 32.2. The Morgan fingerprint density at radius 3 is 2.79 bits per heavy atom. The number of carbonyl (C=O) groups excluding carboxylic acids is 1. The summed E-state index contributed by atoms with van der Waals surface area (Å²) in [7, 11) is -4.17. The number of hydrogen-bond acceptors (Lipinski definition) is 8. The van der Waals surface area contributed by atoms with Gasteiger partial charge >= 0.3 is 5.97 Å². The second-order valence-corrected chi connectivity index (χ2v) is 6.97. The lowest BCUT2D eigenvalue weighted by atomic mass is 10.3. The molecule has 2 aromatic rings. The smallest absolute Gasteiger partial charge is 0.311 e. The van der Waals surface area contributed by atoms with Crippen molar-refractivity contribution in [2.45, 2.75) is 18.2 Å². The van der Waals surface area contributed by atoms with Crippen molar-refractivity contribution in [3.63, 3.8) is 0 Å². The molecule has 0 radical (unpaired) electrons. The molecule has 0 spiro atoms. The number of nitrogens with one attached hydrogen (secondary N) is 1. The van der Waals surface area contributed by atoms with Crippen LogP contribution in [0.1, 0.15) is 12.6 Å². The van der Waals surface area contributed by atoms with E-state index in [1.165, 1.54) is 17.5 Å². The van der Waals surface area contributed by atoms with E-state index in [4.69, 9.17) is 4.74 Å². The number of nitro groups is 1. The minimum atomic E-state index is -4.17. The van der Waals surface area contributed by atoms with Gasteiger partial charge in [0, 0.05) is 11.4 Å². The van der Waals surface area contributed by atoms with Gasteiger partial charge in [0.05, 0.1) is 23.6 Å². The van der Waals surface area contributed by atoms with Crippen LogP contribution in [-0.4, -0.2) is 30.9 Å². The van der Waals surface area contributed by atoms with Crippen LogP contribution in [0, 0.1) is 10.1 Å². The van der Waals surface area contributed by atoms with Crippen LogP contribution in [0.2, 0.25) is 0 Å². The highest BCUT2D eigenvalue weighted by Crippen LogP contribution is 2.26. The zero-order valence-electron chi connectivity index (χ0n) is 12.5. The maximum Gasteiger partial charge on any atom is 0.311 e. The van der Waals surface area contributed by atoms with Crippen LogP contribution < -0.4 is 4.72 Å². The molecule has 0 saturated heterocycles. The topological polar surface area (TPSA) is 128 Å². The molecule has 0 atom stereocenters. The first kappa shape index (κ1) is 17.8. The zero-order valence-corrected chi connectivity index (χ0v) is 14.1. The van der Waals surface area contributed by atoms with Crippen LogP contribution in [0.5, 0.6) is 0 Å². The summed E-state index contributed by atoms with van der Waals surface area (Å²) in [6.45, 7) is 1.91. The minimum absolute atomic E-state index is 0.00690. The number of para-hydroxylation sites is 1. The molecular weight excluding hydrogens is 358 g/mol. The largest absolute Gasteiger partial charge is 0.466 e. The second-order valence-electron chi connectivity index (χ2n) is 4.46. The third-order valence-electron chi connectivity index (χ3n) is 2.76. The Labute approximate surface area is 141 Å². The molecule has 0 unspecified atom stereocenters. The van der Waals surface area contributed by atoms with E-state index in [1.807, 2.05) is 0 Å². The number of anilines is 1. The van der Waals surface area contributed by atoms with E-state index < -0.39 is 31.5 Å². The van der Waals surface area contributed by atoms with E-state index in [9.17, 15) is 23.3 Å². The first-order valence-corrected chi connectivity index (χ1v) is 9.06. The molecule has 0 aliphatic heterocycles. The van der Waals surface area contributed by atoms with E-state index in [0.717, 1.165) is 23.5 Å². The van der Waals surface area contributed by atoms with Crippen LogP contribution in [0.4, 0.5) is 10.8 Å². The third kappa shape index (κ3) is 4.26. The van der Waals surface area contributed by atoms with Gasteiger partial charge < -0.3 is 4.74 Å². The number of sulfonamides is 1. The molecule has 1 heterocycles. The van der Waals surface area contributed by atoms with Crippen molar-refractivity contribution in [3.8, 4) is 0 Å². The number of carbonyl (C=O) groups is 1. The van der Waals surface area contributed by atoms with Crippen molar-refractivity contribution in [1.82, 2.24) is 4.98 Å². The summed E-state index contributed by atoms with van der Waals surface area (Å²) in [6.07, 6.45) is -0.0858.